The van der Waals surface area contributed by atoms with E-state index in [1.54, 1.807) is 18.2 Å². The summed E-state index contributed by atoms with van der Waals surface area (Å²) >= 11 is 13.2. The Labute approximate surface area is 183 Å². The number of rotatable bonds is 7. The van der Waals surface area contributed by atoms with Crippen LogP contribution in [0.1, 0.15) is 39.4 Å². The fraction of sp³-hybridized carbons (Fsp3) is 0.381. The molecule has 29 heavy (non-hydrogen) atoms. The fourth-order valence-electron chi connectivity index (χ4n) is 3.87. The molecule has 1 aliphatic carbocycles. The van der Waals surface area contributed by atoms with Crippen LogP contribution in [0.2, 0.25) is 10.3 Å². The van der Waals surface area contributed by atoms with Crippen LogP contribution in [0.4, 0.5) is 0 Å². The predicted octanol–water partition coefficient (Wildman–Crippen LogP) is 5.47. The van der Waals surface area contributed by atoms with Crippen molar-refractivity contribution >= 4 is 46.6 Å². The largest absolute Gasteiger partial charge is 0.477 e. The smallest absolute Gasteiger partial charge is 0.345 e. The number of carbonyl (C=O) groups is 1. The Bertz CT molecular complexity index is 933. The van der Waals surface area contributed by atoms with Gasteiger partial charge >= 0.3 is 5.97 Å². The van der Waals surface area contributed by atoms with Gasteiger partial charge < -0.3 is 15.1 Å². The van der Waals surface area contributed by atoms with Crippen molar-refractivity contribution in [1.82, 2.24) is 4.98 Å². The highest BCUT2D eigenvalue weighted by atomic mass is 35.5. The molecule has 0 aromatic carbocycles. The van der Waals surface area contributed by atoms with Crippen LogP contribution < -0.4 is 0 Å². The van der Waals surface area contributed by atoms with Gasteiger partial charge in [0.25, 0.3) is 0 Å². The van der Waals surface area contributed by atoms with Crippen LogP contribution in [0.5, 0.6) is 0 Å². The number of thiophene rings is 1. The van der Waals surface area contributed by atoms with E-state index in [9.17, 15) is 9.90 Å². The Morgan fingerprint density at radius 2 is 2.07 bits per heavy atom. The Kier molecular flexibility index (Phi) is 7.31. The number of aliphatic hydroxyl groups is 1. The van der Waals surface area contributed by atoms with Crippen LogP contribution >= 0.6 is 34.5 Å². The zero-order valence-corrected chi connectivity index (χ0v) is 17.8. The normalized spacial score (nSPS) is 24.1. The number of aryl methyl sites for hydroxylation is 1. The van der Waals surface area contributed by atoms with Crippen LogP contribution in [0.3, 0.4) is 0 Å². The van der Waals surface area contributed by atoms with Crippen LogP contribution in [0.15, 0.2) is 30.3 Å². The van der Waals surface area contributed by atoms with Crippen molar-refractivity contribution in [3.8, 4) is 0 Å². The number of halogens is 2. The van der Waals surface area contributed by atoms with Gasteiger partial charge in [-0.1, -0.05) is 35.4 Å². The van der Waals surface area contributed by atoms with E-state index >= 15 is 0 Å². The molecule has 2 N–H and O–H groups in total. The van der Waals surface area contributed by atoms with Crippen LogP contribution in [-0.4, -0.2) is 33.3 Å². The Hall–Kier alpha value is -1.91. The predicted molar refractivity (Wildman–Crippen MR) is 116 cm³/mol. The maximum atomic E-state index is 11.0. The molecule has 8 heteroatoms. The molecule has 4 atom stereocenters. The quantitative estimate of drug-likeness (QED) is 0.433. The van der Waals surface area contributed by atoms with Gasteiger partial charge in [-0.15, -0.1) is 11.3 Å². The summed E-state index contributed by atoms with van der Waals surface area (Å²) in [7, 11) is 0. The third-order valence-electron chi connectivity index (χ3n) is 5.21. The van der Waals surface area contributed by atoms with Crippen molar-refractivity contribution < 1.29 is 15.0 Å². The molecular formula is C21H20Cl2N2O3S. The van der Waals surface area contributed by atoms with E-state index in [2.05, 4.69) is 9.83 Å². The lowest BCUT2D eigenvalue weighted by Crippen LogP contribution is -2.19. The zero-order valence-electron chi connectivity index (χ0n) is 15.5. The highest BCUT2D eigenvalue weighted by Gasteiger charge is 2.44. The first-order chi connectivity index (χ1) is 13.9. The number of hydrogen-bond donors (Lipinski definition) is 2. The molecule has 0 radical (unpaired) electrons. The van der Waals surface area contributed by atoms with Crippen molar-refractivity contribution in [2.75, 3.05) is 0 Å². The van der Waals surface area contributed by atoms with E-state index in [0.717, 1.165) is 29.7 Å². The number of carboxylic acids is 1. The minimum Gasteiger partial charge on any atom is -0.477 e. The Morgan fingerprint density at radius 1 is 1.34 bits per heavy atom. The Morgan fingerprint density at radius 3 is 2.69 bits per heavy atom. The maximum absolute atomic E-state index is 11.0. The molecule has 2 aromatic rings. The molecule has 0 spiro atoms. The summed E-state index contributed by atoms with van der Waals surface area (Å²) in [5, 5.41) is 20.1. The first kappa shape index (κ1) is 21.8. The van der Waals surface area contributed by atoms with Gasteiger partial charge in [0.15, 0.2) is 0 Å². The molecule has 0 saturated heterocycles. The molecule has 0 unspecified atom stereocenters. The molecule has 1 aliphatic rings. The van der Waals surface area contributed by atoms with Gasteiger partial charge in [-0.05, 0) is 49.1 Å². The molecule has 2 aromatic heterocycles. The van der Waals surface area contributed by atoms with Gasteiger partial charge in [-0.2, -0.15) is 0 Å². The third kappa shape index (κ3) is 5.58. The fourth-order valence-corrected chi connectivity index (χ4v) is 5.23. The summed E-state index contributed by atoms with van der Waals surface area (Å²) in [6.45, 7) is 7.50. The molecule has 0 amide bonds. The van der Waals surface area contributed by atoms with Gasteiger partial charge in [-0.3, -0.25) is 0 Å². The van der Waals surface area contributed by atoms with Crippen molar-refractivity contribution in [1.29, 1.82) is 0 Å². The Balaban J connectivity index is 1.67. The minimum absolute atomic E-state index is 0.0467. The SMILES string of the molecule is [C-]#[N+][C@@H]1C[C@@H](O)[C@H](/C=C/c2cc(Cl)nc(Cl)c2)[C@H]1CCCc1ccc(C(=O)O)s1. The number of hydrogen-bond acceptors (Lipinski definition) is 4. The first-order valence-corrected chi connectivity index (χ1v) is 10.8. The van der Waals surface area contributed by atoms with E-state index in [1.165, 1.54) is 11.3 Å². The maximum Gasteiger partial charge on any atom is 0.345 e. The average molecular weight is 451 g/mol. The number of aliphatic hydroxyl groups excluding tert-OH is 1. The molecule has 152 valence electrons. The number of pyridine rings is 1. The van der Waals surface area contributed by atoms with E-state index < -0.39 is 12.1 Å². The molecular weight excluding hydrogens is 431 g/mol. The second-order valence-corrected chi connectivity index (χ2v) is 9.05. The third-order valence-corrected chi connectivity index (χ3v) is 6.73. The van der Waals surface area contributed by atoms with E-state index in [0.29, 0.717) is 21.6 Å². The topological polar surface area (TPSA) is 74.8 Å². The number of carboxylic acid groups (broad SMARTS) is 1. The summed E-state index contributed by atoms with van der Waals surface area (Å²) in [5.41, 5.74) is 0.798. The second-order valence-electron chi connectivity index (χ2n) is 7.11. The van der Waals surface area contributed by atoms with Crippen molar-refractivity contribution in [2.45, 2.75) is 37.8 Å². The highest BCUT2D eigenvalue weighted by molar-refractivity contribution is 7.13. The number of aromatic nitrogens is 1. The number of aromatic carboxylic acids is 1. The van der Waals surface area contributed by atoms with Crippen molar-refractivity contribution in [2.24, 2.45) is 11.8 Å². The second kappa shape index (κ2) is 9.73. The first-order valence-electron chi connectivity index (χ1n) is 9.25. The highest BCUT2D eigenvalue weighted by Crippen LogP contribution is 2.39. The van der Waals surface area contributed by atoms with Crippen LogP contribution in [0.25, 0.3) is 10.9 Å². The summed E-state index contributed by atoms with van der Waals surface area (Å²) in [5.74, 6) is -0.988. The summed E-state index contributed by atoms with van der Waals surface area (Å²) in [6, 6.07) is 6.65. The van der Waals surface area contributed by atoms with E-state index in [-0.39, 0.29) is 17.9 Å². The van der Waals surface area contributed by atoms with Gasteiger partial charge in [0.2, 0.25) is 6.04 Å². The summed E-state index contributed by atoms with van der Waals surface area (Å²) < 4.78 is 0. The lowest BCUT2D eigenvalue weighted by Gasteiger charge is -2.18. The standard InChI is InChI=1S/C21H20Cl2N2O3S/c1-24-16-11-17(26)15(7-5-12-9-19(22)25-20(23)10-12)14(16)4-2-3-13-6-8-18(29-13)21(27)28/h5-10,14-17,26H,2-4,11H2,(H,27,28)/b7-5+/t14-,15-,16-,17-/m1/s1. The lowest BCUT2D eigenvalue weighted by molar-refractivity contribution is 0.0702. The van der Waals surface area contributed by atoms with Crippen molar-refractivity contribution in [3.63, 3.8) is 0 Å². The van der Waals surface area contributed by atoms with Crippen molar-refractivity contribution in [3.05, 3.63) is 67.4 Å². The molecule has 0 bridgehead atoms. The zero-order chi connectivity index (χ0) is 21.0. The molecule has 0 aliphatic heterocycles. The molecule has 5 nitrogen and oxygen atoms in total. The van der Waals surface area contributed by atoms with E-state index in [1.807, 2.05) is 18.2 Å². The molecule has 1 fully saturated rings. The van der Waals surface area contributed by atoms with Crippen LogP contribution in [0, 0.1) is 18.4 Å². The molecule has 3 rings (SSSR count). The van der Waals surface area contributed by atoms with Gasteiger partial charge in [0, 0.05) is 23.1 Å². The van der Waals surface area contributed by atoms with Crippen LogP contribution in [-0.2, 0) is 6.42 Å². The minimum atomic E-state index is -0.908. The van der Waals surface area contributed by atoms with E-state index in [4.69, 9.17) is 34.9 Å². The lowest BCUT2D eigenvalue weighted by atomic mass is 9.87. The molecule has 1 saturated carbocycles. The van der Waals surface area contributed by atoms with Gasteiger partial charge in [0.1, 0.15) is 15.2 Å². The average Bonchev–Trinajstić information content (AvgIpc) is 3.24. The summed E-state index contributed by atoms with van der Waals surface area (Å²) in [6.07, 6.45) is 6.09. The molecule has 2 heterocycles. The summed E-state index contributed by atoms with van der Waals surface area (Å²) in [4.78, 5) is 20.0. The van der Waals surface area contributed by atoms with Gasteiger partial charge in [-0.25, -0.2) is 16.4 Å². The monoisotopic (exact) mass is 450 g/mol. The number of nitrogens with zero attached hydrogens (tertiary/aromatic N) is 2. The van der Waals surface area contributed by atoms with Gasteiger partial charge in [0.05, 0.1) is 6.10 Å².